The predicted octanol–water partition coefficient (Wildman–Crippen LogP) is 1.32. The standard InChI is InChI=1S/C13H20N2O2/c1-4-15(12(9-14)13(16)17-3)11-7-5-10(2)6-8-11/h5-8,12H,4,9,14H2,1-3H3. The van der Waals surface area contributed by atoms with Crippen molar-refractivity contribution in [2.24, 2.45) is 5.73 Å². The zero-order valence-corrected chi connectivity index (χ0v) is 10.6. The Morgan fingerprint density at radius 3 is 2.41 bits per heavy atom. The number of anilines is 1. The Hall–Kier alpha value is -1.55. The first-order valence-electron chi connectivity index (χ1n) is 5.75. The lowest BCUT2D eigenvalue weighted by Crippen LogP contribution is -2.47. The average molecular weight is 236 g/mol. The van der Waals surface area contributed by atoms with Gasteiger partial charge in [-0.2, -0.15) is 0 Å². The van der Waals surface area contributed by atoms with Crippen LogP contribution >= 0.6 is 0 Å². The largest absolute Gasteiger partial charge is 0.467 e. The van der Waals surface area contributed by atoms with Gasteiger partial charge in [0.25, 0.3) is 0 Å². The first-order valence-corrected chi connectivity index (χ1v) is 5.75. The van der Waals surface area contributed by atoms with Crippen LogP contribution in [-0.4, -0.2) is 32.2 Å². The number of hydrogen-bond acceptors (Lipinski definition) is 4. The van der Waals surface area contributed by atoms with Gasteiger partial charge in [0.1, 0.15) is 6.04 Å². The molecule has 1 aromatic rings. The van der Waals surface area contributed by atoms with Crippen LogP contribution in [-0.2, 0) is 9.53 Å². The number of nitrogens with zero attached hydrogens (tertiary/aromatic N) is 1. The molecule has 0 aromatic heterocycles. The number of methoxy groups -OCH3 is 1. The van der Waals surface area contributed by atoms with Gasteiger partial charge >= 0.3 is 5.97 Å². The maximum absolute atomic E-state index is 11.6. The molecule has 2 N–H and O–H groups in total. The van der Waals surface area contributed by atoms with Gasteiger partial charge in [0.2, 0.25) is 0 Å². The monoisotopic (exact) mass is 236 g/mol. The molecule has 0 aliphatic carbocycles. The highest BCUT2D eigenvalue weighted by Gasteiger charge is 2.24. The number of aryl methyl sites for hydroxylation is 1. The quantitative estimate of drug-likeness (QED) is 0.783. The molecular formula is C13H20N2O2. The second-order valence-corrected chi connectivity index (χ2v) is 3.90. The summed E-state index contributed by atoms with van der Waals surface area (Å²) in [6, 6.07) is 7.59. The number of carbonyl (C=O) groups is 1. The summed E-state index contributed by atoms with van der Waals surface area (Å²) in [5.74, 6) is -0.296. The predicted molar refractivity (Wildman–Crippen MR) is 69.1 cm³/mol. The van der Waals surface area contributed by atoms with Crippen molar-refractivity contribution >= 4 is 11.7 Å². The molecular weight excluding hydrogens is 216 g/mol. The minimum Gasteiger partial charge on any atom is -0.467 e. The molecule has 0 amide bonds. The van der Waals surface area contributed by atoms with Crippen molar-refractivity contribution in [3.63, 3.8) is 0 Å². The molecule has 0 bridgehead atoms. The Kier molecular flexibility index (Phi) is 4.97. The van der Waals surface area contributed by atoms with E-state index >= 15 is 0 Å². The van der Waals surface area contributed by atoms with Crippen molar-refractivity contribution in [2.75, 3.05) is 25.1 Å². The minimum absolute atomic E-state index is 0.244. The van der Waals surface area contributed by atoms with Crippen molar-refractivity contribution < 1.29 is 9.53 Å². The number of carbonyl (C=O) groups excluding carboxylic acids is 1. The fraction of sp³-hybridized carbons (Fsp3) is 0.462. The van der Waals surface area contributed by atoms with Crippen LogP contribution in [0.2, 0.25) is 0 Å². The number of nitrogens with two attached hydrogens (primary N) is 1. The Labute approximate surface area is 102 Å². The summed E-state index contributed by atoms with van der Waals surface area (Å²) in [5, 5.41) is 0. The third-order valence-corrected chi connectivity index (χ3v) is 2.78. The second kappa shape index (κ2) is 6.25. The van der Waals surface area contributed by atoms with Gasteiger partial charge in [-0.05, 0) is 26.0 Å². The van der Waals surface area contributed by atoms with E-state index in [1.807, 2.05) is 43.0 Å². The first-order chi connectivity index (χ1) is 8.13. The molecule has 1 rings (SSSR count). The van der Waals surface area contributed by atoms with E-state index in [2.05, 4.69) is 0 Å². The molecule has 0 saturated carbocycles. The highest BCUT2D eigenvalue weighted by atomic mass is 16.5. The topological polar surface area (TPSA) is 55.6 Å². The molecule has 1 aromatic carbocycles. The maximum atomic E-state index is 11.6. The van der Waals surface area contributed by atoms with Crippen LogP contribution in [0.4, 0.5) is 5.69 Å². The lowest BCUT2D eigenvalue weighted by molar-refractivity contribution is -0.142. The van der Waals surface area contributed by atoms with Gasteiger partial charge in [0.15, 0.2) is 0 Å². The summed E-state index contributed by atoms with van der Waals surface area (Å²) < 4.78 is 4.77. The summed E-state index contributed by atoms with van der Waals surface area (Å²) in [4.78, 5) is 13.6. The molecule has 1 unspecified atom stereocenters. The lowest BCUT2D eigenvalue weighted by Gasteiger charge is -2.30. The van der Waals surface area contributed by atoms with E-state index in [0.717, 1.165) is 5.69 Å². The fourth-order valence-electron chi connectivity index (χ4n) is 1.81. The van der Waals surface area contributed by atoms with Crippen molar-refractivity contribution in [1.29, 1.82) is 0 Å². The highest BCUT2D eigenvalue weighted by Crippen LogP contribution is 2.17. The van der Waals surface area contributed by atoms with Gasteiger partial charge in [0.05, 0.1) is 7.11 Å². The molecule has 4 heteroatoms. The van der Waals surface area contributed by atoms with Crippen LogP contribution in [0.3, 0.4) is 0 Å². The van der Waals surface area contributed by atoms with Crippen LogP contribution in [0.25, 0.3) is 0 Å². The highest BCUT2D eigenvalue weighted by molar-refractivity contribution is 5.80. The Bertz CT molecular complexity index is 362. The zero-order valence-electron chi connectivity index (χ0n) is 10.6. The summed E-state index contributed by atoms with van der Waals surface area (Å²) >= 11 is 0. The Morgan fingerprint density at radius 1 is 1.41 bits per heavy atom. The number of ether oxygens (including phenoxy) is 1. The van der Waals surface area contributed by atoms with E-state index in [1.54, 1.807) is 0 Å². The van der Waals surface area contributed by atoms with E-state index in [4.69, 9.17) is 10.5 Å². The van der Waals surface area contributed by atoms with Crippen molar-refractivity contribution in [2.45, 2.75) is 19.9 Å². The van der Waals surface area contributed by atoms with Gasteiger partial charge in [-0.1, -0.05) is 17.7 Å². The lowest BCUT2D eigenvalue weighted by atomic mass is 10.1. The molecule has 0 radical (unpaired) electrons. The van der Waals surface area contributed by atoms with Gasteiger partial charge in [-0.25, -0.2) is 4.79 Å². The fourth-order valence-corrected chi connectivity index (χ4v) is 1.81. The maximum Gasteiger partial charge on any atom is 0.329 e. The van der Waals surface area contributed by atoms with Crippen LogP contribution < -0.4 is 10.6 Å². The molecule has 0 aliphatic rings. The molecule has 4 nitrogen and oxygen atoms in total. The smallest absolute Gasteiger partial charge is 0.329 e. The third kappa shape index (κ3) is 3.20. The van der Waals surface area contributed by atoms with Crippen LogP contribution in [0, 0.1) is 6.92 Å². The zero-order chi connectivity index (χ0) is 12.8. The molecule has 0 spiro atoms. The summed E-state index contributed by atoms with van der Waals surface area (Å²) in [7, 11) is 1.38. The molecule has 0 heterocycles. The number of likely N-dealkylation sites (N-methyl/N-ethyl adjacent to an activating group) is 1. The normalized spacial score (nSPS) is 12.0. The van der Waals surface area contributed by atoms with Crippen LogP contribution in [0.1, 0.15) is 12.5 Å². The molecule has 1 atom stereocenters. The van der Waals surface area contributed by atoms with E-state index < -0.39 is 6.04 Å². The van der Waals surface area contributed by atoms with Crippen molar-refractivity contribution in [3.05, 3.63) is 29.8 Å². The van der Waals surface area contributed by atoms with Crippen molar-refractivity contribution in [3.8, 4) is 0 Å². The van der Waals surface area contributed by atoms with Gasteiger partial charge in [-0.3, -0.25) is 0 Å². The Morgan fingerprint density at radius 2 is 2.00 bits per heavy atom. The van der Waals surface area contributed by atoms with E-state index in [0.29, 0.717) is 6.54 Å². The molecule has 0 aliphatic heterocycles. The summed E-state index contributed by atoms with van der Waals surface area (Å²) in [5.41, 5.74) is 7.82. The SMILES string of the molecule is CCN(c1ccc(C)cc1)C(CN)C(=O)OC. The van der Waals surface area contributed by atoms with Gasteiger partial charge < -0.3 is 15.4 Å². The minimum atomic E-state index is -0.423. The van der Waals surface area contributed by atoms with E-state index in [1.165, 1.54) is 12.7 Å². The Balaban J connectivity index is 2.96. The summed E-state index contributed by atoms with van der Waals surface area (Å²) in [6.45, 7) is 4.97. The number of benzene rings is 1. The third-order valence-electron chi connectivity index (χ3n) is 2.78. The molecule has 94 valence electrons. The van der Waals surface area contributed by atoms with Crippen LogP contribution in [0.15, 0.2) is 24.3 Å². The molecule has 0 fully saturated rings. The van der Waals surface area contributed by atoms with Crippen molar-refractivity contribution in [1.82, 2.24) is 0 Å². The number of rotatable bonds is 5. The van der Waals surface area contributed by atoms with E-state index in [9.17, 15) is 4.79 Å². The first kappa shape index (κ1) is 13.5. The summed E-state index contributed by atoms with van der Waals surface area (Å²) in [6.07, 6.45) is 0. The van der Waals surface area contributed by atoms with Crippen LogP contribution in [0.5, 0.6) is 0 Å². The number of esters is 1. The average Bonchev–Trinajstić information content (AvgIpc) is 2.36. The van der Waals surface area contributed by atoms with E-state index in [-0.39, 0.29) is 12.5 Å². The molecule has 0 saturated heterocycles. The van der Waals surface area contributed by atoms with Gasteiger partial charge in [-0.15, -0.1) is 0 Å². The number of hydrogen-bond donors (Lipinski definition) is 1. The van der Waals surface area contributed by atoms with Gasteiger partial charge in [0, 0.05) is 18.8 Å². The second-order valence-electron chi connectivity index (χ2n) is 3.90. The molecule has 17 heavy (non-hydrogen) atoms.